The molecule has 0 saturated heterocycles. The van der Waals surface area contributed by atoms with Crippen molar-refractivity contribution in [1.82, 2.24) is 14.8 Å². The molecule has 0 atom stereocenters. The van der Waals surface area contributed by atoms with Crippen molar-refractivity contribution in [3.8, 4) is 11.5 Å². The molecule has 0 aliphatic carbocycles. The third kappa shape index (κ3) is 3.36. The number of halogens is 2. The fourth-order valence-electron chi connectivity index (χ4n) is 3.08. The van der Waals surface area contributed by atoms with Crippen LogP contribution in [0, 0.1) is 6.92 Å². The molecule has 28 heavy (non-hydrogen) atoms. The number of pyridine rings is 1. The van der Waals surface area contributed by atoms with Crippen molar-refractivity contribution in [2.24, 2.45) is 0 Å². The van der Waals surface area contributed by atoms with E-state index in [1.54, 1.807) is 43.3 Å². The van der Waals surface area contributed by atoms with E-state index in [0.717, 1.165) is 0 Å². The summed E-state index contributed by atoms with van der Waals surface area (Å²) in [7, 11) is 0. The van der Waals surface area contributed by atoms with E-state index in [1.165, 1.54) is 17.0 Å². The zero-order chi connectivity index (χ0) is 19.7. The largest absolute Gasteiger partial charge is 0.463 e. The summed E-state index contributed by atoms with van der Waals surface area (Å²) in [5, 5.41) is 7.26. The molecule has 3 aromatic heterocycles. The highest BCUT2D eigenvalue weighted by Gasteiger charge is 2.22. The Morgan fingerprint density at radius 1 is 1.21 bits per heavy atom. The first kappa shape index (κ1) is 17.8. The maximum absolute atomic E-state index is 13.7. The average Bonchev–Trinajstić information content (AvgIpc) is 3.31. The van der Waals surface area contributed by atoms with Gasteiger partial charge in [-0.2, -0.15) is 5.10 Å². The van der Waals surface area contributed by atoms with Gasteiger partial charge in [0.2, 0.25) is 5.91 Å². The fraction of sp³-hybridized carbons (Fsp3) is 0.150. The number of nitrogens with zero attached hydrogens (tertiary/aromatic N) is 3. The summed E-state index contributed by atoms with van der Waals surface area (Å²) in [4.78, 5) is 16.8. The third-order valence-electron chi connectivity index (χ3n) is 4.27. The molecule has 1 N–H and O–H groups in total. The van der Waals surface area contributed by atoms with Gasteiger partial charge in [-0.05, 0) is 37.3 Å². The molecule has 0 spiro atoms. The average molecular weight is 382 g/mol. The van der Waals surface area contributed by atoms with Crippen molar-refractivity contribution in [3.05, 3.63) is 66.1 Å². The van der Waals surface area contributed by atoms with Gasteiger partial charge in [-0.3, -0.25) is 4.79 Å². The van der Waals surface area contributed by atoms with Crippen LogP contribution >= 0.6 is 0 Å². The molecule has 4 rings (SSSR count). The summed E-state index contributed by atoms with van der Waals surface area (Å²) in [5.41, 5.74) is 1.31. The lowest BCUT2D eigenvalue weighted by Crippen LogP contribution is -2.19. The molecule has 0 unspecified atom stereocenters. The number of nitrogens with one attached hydrogen (secondary N) is 1. The second kappa shape index (κ2) is 7.22. The van der Waals surface area contributed by atoms with E-state index in [1.807, 2.05) is 6.07 Å². The van der Waals surface area contributed by atoms with E-state index in [4.69, 9.17) is 4.42 Å². The summed E-state index contributed by atoms with van der Waals surface area (Å²) in [6.45, 7) is 1.46. The summed E-state index contributed by atoms with van der Waals surface area (Å²) in [6, 6.07) is 13.5. The minimum absolute atomic E-state index is 0.156. The summed E-state index contributed by atoms with van der Waals surface area (Å²) >= 11 is 0. The molecule has 8 heteroatoms. The normalized spacial score (nSPS) is 11.3. The van der Waals surface area contributed by atoms with Crippen LogP contribution in [-0.2, 0) is 11.3 Å². The van der Waals surface area contributed by atoms with Crippen LogP contribution in [-0.4, -0.2) is 20.7 Å². The summed E-state index contributed by atoms with van der Waals surface area (Å²) in [5.74, 6) is 0.0299. The number of carbonyl (C=O) groups is 1. The number of para-hydroxylation sites is 1. The highest BCUT2D eigenvalue weighted by atomic mass is 19.3. The predicted molar refractivity (Wildman–Crippen MR) is 100.0 cm³/mol. The Balaban J connectivity index is 1.75. The molecule has 0 fully saturated rings. The number of alkyl halides is 2. The van der Waals surface area contributed by atoms with Crippen molar-refractivity contribution < 1.29 is 18.0 Å². The first-order valence-electron chi connectivity index (χ1n) is 8.58. The van der Waals surface area contributed by atoms with Gasteiger partial charge >= 0.3 is 0 Å². The van der Waals surface area contributed by atoms with Crippen molar-refractivity contribution in [3.63, 3.8) is 0 Å². The van der Waals surface area contributed by atoms with Crippen molar-refractivity contribution in [2.45, 2.75) is 19.9 Å². The maximum atomic E-state index is 13.7. The van der Waals surface area contributed by atoms with E-state index in [-0.39, 0.29) is 34.7 Å². The Morgan fingerprint density at radius 2 is 2.00 bits per heavy atom. The third-order valence-corrected chi connectivity index (χ3v) is 4.27. The van der Waals surface area contributed by atoms with Gasteiger partial charge in [0.1, 0.15) is 12.2 Å². The van der Waals surface area contributed by atoms with Gasteiger partial charge in [0, 0.05) is 11.3 Å². The molecular weight excluding hydrogens is 366 g/mol. The molecule has 4 aromatic rings. The maximum Gasteiger partial charge on any atom is 0.264 e. The number of hydrogen-bond acceptors (Lipinski definition) is 4. The number of aromatic nitrogens is 3. The number of amides is 1. The Hall–Kier alpha value is -3.55. The molecule has 0 radical (unpaired) electrons. The van der Waals surface area contributed by atoms with Crippen LogP contribution < -0.4 is 5.32 Å². The van der Waals surface area contributed by atoms with Crippen LogP contribution in [0.2, 0.25) is 0 Å². The smallest absolute Gasteiger partial charge is 0.264 e. The molecular formula is C20H16F2N4O2. The van der Waals surface area contributed by atoms with Crippen LogP contribution in [0.4, 0.5) is 14.5 Å². The first-order chi connectivity index (χ1) is 13.5. The minimum atomic E-state index is -2.71. The number of furan rings is 1. The number of hydrogen-bond donors (Lipinski definition) is 1. The van der Waals surface area contributed by atoms with Gasteiger partial charge < -0.3 is 9.73 Å². The Morgan fingerprint density at radius 3 is 2.68 bits per heavy atom. The number of benzene rings is 1. The molecule has 0 aliphatic heterocycles. The van der Waals surface area contributed by atoms with Crippen molar-refractivity contribution >= 4 is 22.6 Å². The van der Waals surface area contributed by atoms with Gasteiger partial charge in [-0.25, -0.2) is 18.4 Å². The Bertz CT molecular complexity index is 1120. The number of aryl methyl sites for hydroxylation is 1. The Labute approximate surface area is 158 Å². The molecule has 142 valence electrons. The molecule has 1 amide bonds. The zero-order valence-electron chi connectivity index (χ0n) is 14.9. The van der Waals surface area contributed by atoms with Crippen LogP contribution in [0.5, 0.6) is 0 Å². The van der Waals surface area contributed by atoms with Crippen LogP contribution in [0.3, 0.4) is 0 Å². The number of anilines is 1. The van der Waals surface area contributed by atoms with Gasteiger partial charge in [0.05, 0.1) is 17.3 Å². The molecule has 0 saturated carbocycles. The van der Waals surface area contributed by atoms with Crippen molar-refractivity contribution in [1.29, 1.82) is 0 Å². The second-order valence-corrected chi connectivity index (χ2v) is 6.23. The lowest BCUT2D eigenvalue weighted by atomic mass is 10.1. The summed E-state index contributed by atoms with van der Waals surface area (Å²) in [6.07, 6.45) is -1.27. The van der Waals surface area contributed by atoms with Crippen molar-refractivity contribution in [2.75, 3.05) is 5.32 Å². The van der Waals surface area contributed by atoms with E-state index in [0.29, 0.717) is 17.1 Å². The SMILES string of the molecule is Cc1nn(CC(=O)Nc2ccccc2)c2nc(-c3ccco3)cc(C(F)F)c12. The Kier molecular flexibility index (Phi) is 4.60. The van der Waals surface area contributed by atoms with Gasteiger partial charge in [-0.1, -0.05) is 18.2 Å². The van der Waals surface area contributed by atoms with Gasteiger partial charge in [-0.15, -0.1) is 0 Å². The second-order valence-electron chi connectivity index (χ2n) is 6.23. The molecule has 6 nitrogen and oxygen atoms in total. The predicted octanol–water partition coefficient (Wildman–Crippen LogP) is 4.58. The van der Waals surface area contributed by atoms with Crippen LogP contribution in [0.1, 0.15) is 17.7 Å². The topological polar surface area (TPSA) is 73.0 Å². The molecule has 3 heterocycles. The monoisotopic (exact) mass is 382 g/mol. The lowest BCUT2D eigenvalue weighted by molar-refractivity contribution is -0.116. The molecule has 1 aromatic carbocycles. The first-order valence-corrected chi connectivity index (χ1v) is 8.58. The van der Waals surface area contributed by atoms with E-state index >= 15 is 0 Å². The quantitative estimate of drug-likeness (QED) is 0.549. The van der Waals surface area contributed by atoms with E-state index < -0.39 is 6.43 Å². The highest BCUT2D eigenvalue weighted by Crippen LogP contribution is 2.33. The fourth-order valence-corrected chi connectivity index (χ4v) is 3.08. The van der Waals surface area contributed by atoms with Crippen LogP contribution in [0.15, 0.2) is 59.2 Å². The summed E-state index contributed by atoms with van der Waals surface area (Å²) < 4.78 is 34.0. The van der Waals surface area contributed by atoms with E-state index in [2.05, 4.69) is 15.4 Å². The minimum Gasteiger partial charge on any atom is -0.463 e. The van der Waals surface area contributed by atoms with Gasteiger partial charge in [0.25, 0.3) is 6.43 Å². The number of rotatable bonds is 5. The molecule has 0 bridgehead atoms. The zero-order valence-corrected chi connectivity index (χ0v) is 14.9. The number of carbonyl (C=O) groups excluding carboxylic acids is 1. The molecule has 0 aliphatic rings. The van der Waals surface area contributed by atoms with E-state index in [9.17, 15) is 13.6 Å². The highest BCUT2D eigenvalue weighted by molar-refractivity contribution is 5.92. The van der Waals surface area contributed by atoms with Crippen LogP contribution in [0.25, 0.3) is 22.5 Å². The lowest BCUT2D eigenvalue weighted by Gasteiger charge is -2.08. The standard InChI is InChI=1S/C20H16F2N4O2/c1-12-18-14(19(21)22)10-15(16-8-5-9-28-16)24-20(18)26(25-12)11-17(27)23-13-6-3-2-4-7-13/h2-10,19H,11H2,1H3,(H,23,27). The number of fused-ring (bicyclic) bond motifs is 1. The van der Waals surface area contributed by atoms with Gasteiger partial charge in [0.15, 0.2) is 11.4 Å².